The fraction of sp³-hybridized carbons (Fsp3) is 0.606. The average molecular weight is 599 g/mol. The molecular weight excluding hydrogens is 552 g/mol. The van der Waals surface area contributed by atoms with Gasteiger partial charge < -0.3 is 25.4 Å². The molecule has 2 atom stereocenters. The summed E-state index contributed by atoms with van der Waals surface area (Å²) >= 11 is 6.82. The number of nitrogens with zero attached hydrogens (tertiary/aromatic N) is 2. The molecule has 1 aromatic heterocycles. The molecule has 4 rings (SSSR count). The second-order valence-corrected chi connectivity index (χ2v) is 12.3. The first-order valence-electron chi connectivity index (χ1n) is 15.5. The molecule has 230 valence electrons. The number of alkyl carbamates (subject to hydrolysis) is 1. The number of piperidine rings is 1. The van der Waals surface area contributed by atoms with E-state index in [0.29, 0.717) is 42.4 Å². The summed E-state index contributed by atoms with van der Waals surface area (Å²) < 4.78 is 5.27. The molecule has 42 heavy (non-hydrogen) atoms. The number of carbonyl (C=O) groups excluding carboxylic acids is 2. The molecule has 2 aromatic rings. The van der Waals surface area contributed by atoms with Crippen molar-refractivity contribution < 1.29 is 19.4 Å². The Kier molecular flexibility index (Phi) is 11.6. The lowest BCUT2D eigenvalue weighted by Crippen LogP contribution is -2.50. The highest BCUT2D eigenvalue weighted by Gasteiger charge is 2.44. The molecule has 2 aliphatic rings. The number of nitrogens with one attached hydrogen (secondary N) is 2. The second-order valence-electron chi connectivity index (χ2n) is 11.9. The molecule has 2 heterocycles. The van der Waals surface area contributed by atoms with Crippen LogP contribution in [0.15, 0.2) is 36.7 Å². The standard InChI is InChI=1S/C33H47ClN4O4/c1-4-23-8-5-9-26(18-23)30-28(20-37-21-29(30)34)33(41,15-7-17-42-32(40)36-3)27-10-6-16-38(22-27)31(39)25-13-11-24(12-14-25)19-35-2/h5,8-9,18,20-21,24-25,27,35,41H,4,6-7,10-17,19,22H2,1-3H3,(H,36,40)/t24?,25?,27-,33+/m1/s1. The van der Waals surface area contributed by atoms with Crippen LogP contribution in [0.1, 0.15) is 69.4 Å². The van der Waals surface area contributed by atoms with Crippen LogP contribution in [0, 0.1) is 17.8 Å². The van der Waals surface area contributed by atoms with E-state index in [2.05, 4.69) is 34.7 Å². The maximum absolute atomic E-state index is 13.7. The zero-order valence-electron chi connectivity index (χ0n) is 25.3. The van der Waals surface area contributed by atoms with Crippen molar-refractivity contribution in [2.75, 3.05) is 40.3 Å². The number of aliphatic hydroxyl groups is 1. The minimum atomic E-state index is -1.33. The van der Waals surface area contributed by atoms with Gasteiger partial charge in [-0.1, -0.05) is 42.8 Å². The number of rotatable bonds is 11. The molecule has 1 aromatic carbocycles. The third kappa shape index (κ3) is 7.63. The number of aryl methyl sites for hydroxylation is 1. The van der Waals surface area contributed by atoms with E-state index in [-0.39, 0.29) is 24.3 Å². The Bertz CT molecular complexity index is 1200. The molecule has 0 radical (unpaired) electrons. The topological polar surface area (TPSA) is 104 Å². The summed E-state index contributed by atoms with van der Waals surface area (Å²) in [7, 11) is 3.51. The summed E-state index contributed by atoms with van der Waals surface area (Å²) in [4.78, 5) is 31.9. The second kappa shape index (κ2) is 15.2. The van der Waals surface area contributed by atoms with Crippen LogP contribution in [0.2, 0.25) is 5.02 Å². The highest BCUT2D eigenvalue weighted by Crippen LogP contribution is 2.45. The van der Waals surface area contributed by atoms with Gasteiger partial charge in [0.15, 0.2) is 0 Å². The number of likely N-dealkylation sites (tertiary alicyclic amines) is 1. The average Bonchev–Trinajstić information content (AvgIpc) is 3.03. The number of halogens is 1. The lowest BCUT2D eigenvalue weighted by Gasteiger charge is -2.44. The van der Waals surface area contributed by atoms with Crippen LogP contribution < -0.4 is 10.6 Å². The Balaban J connectivity index is 1.63. The summed E-state index contributed by atoms with van der Waals surface area (Å²) in [6, 6.07) is 8.22. The minimum Gasteiger partial charge on any atom is -0.450 e. The SMILES string of the molecule is CCc1cccc(-c2c(Cl)cncc2[C@](O)(CCCOC(=O)NC)[C@@H]2CCCN(C(=O)C3CCC(CNC)CC3)C2)c1. The van der Waals surface area contributed by atoms with Crippen LogP contribution in [-0.2, 0) is 21.6 Å². The van der Waals surface area contributed by atoms with Gasteiger partial charge in [-0.3, -0.25) is 9.78 Å². The van der Waals surface area contributed by atoms with Crippen molar-refractivity contribution in [3.05, 3.63) is 52.8 Å². The number of aromatic nitrogens is 1. The Morgan fingerprint density at radius 1 is 1.17 bits per heavy atom. The minimum absolute atomic E-state index is 0.0473. The number of hydrogen-bond donors (Lipinski definition) is 3. The van der Waals surface area contributed by atoms with Crippen molar-refractivity contribution in [3.63, 3.8) is 0 Å². The van der Waals surface area contributed by atoms with Crippen molar-refractivity contribution in [2.24, 2.45) is 17.8 Å². The third-order valence-electron chi connectivity index (χ3n) is 9.23. The van der Waals surface area contributed by atoms with Gasteiger partial charge in [-0.2, -0.15) is 0 Å². The van der Waals surface area contributed by atoms with Gasteiger partial charge in [0.2, 0.25) is 5.91 Å². The normalized spacial score (nSPS) is 22.3. The van der Waals surface area contributed by atoms with E-state index in [9.17, 15) is 14.7 Å². The van der Waals surface area contributed by atoms with Gasteiger partial charge >= 0.3 is 6.09 Å². The molecule has 1 saturated carbocycles. The van der Waals surface area contributed by atoms with Gasteiger partial charge in [-0.05, 0) is 88.4 Å². The fourth-order valence-electron chi connectivity index (χ4n) is 6.87. The molecule has 1 aliphatic heterocycles. The summed E-state index contributed by atoms with van der Waals surface area (Å²) in [5.74, 6) is 0.679. The molecular formula is C33H47ClN4O4. The van der Waals surface area contributed by atoms with E-state index in [4.69, 9.17) is 16.3 Å². The van der Waals surface area contributed by atoms with Crippen LogP contribution in [0.3, 0.4) is 0 Å². The molecule has 1 saturated heterocycles. The summed E-state index contributed by atoms with van der Waals surface area (Å²) in [6.07, 6.45) is 10.1. The van der Waals surface area contributed by atoms with Crippen LogP contribution in [0.4, 0.5) is 4.79 Å². The highest BCUT2D eigenvalue weighted by molar-refractivity contribution is 6.33. The zero-order chi connectivity index (χ0) is 30.1. The van der Waals surface area contributed by atoms with Crippen molar-refractivity contribution in [1.29, 1.82) is 0 Å². The van der Waals surface area contributed by atoms with E-state index in [0.717, 1.165) is 62.6 Å². The maximum Gasteiger partial charge on any atom is 0.406 e. The Labute approximate surface area is 255 Å². The van der Waals surface area contributed by atoms with Gasteiger partial charge in [0.05, 0.1) is 17.2 Å². The van der Waals surface area contributed by atoms with E-state index >= 15 is 0 Å². The van der Waals surface area contributed by atoms with Gasteiger partial charge in [-0.25, -0.2) is 4.79 Å². The zero-order valence-corrected chi connectivity index (χ0v) is 26.1. The number of ether oxygens (including phenoxy) is 1. The van der Waals surface area contributed by atoms with Crippen molar-refractivity contribution >= 4 is 23.6 Å². The number of pyridine rings is 1. The molecule has 0 spiro atoms. The largest absolute Gasteiger partial charge is 0.450 e. The smallest absolute Gasteiger partial charge is 0.406 e. The van der Waals surface area contributed by atoms with Gasteiger partial charge in [-0.15, -0.1) is 0 Å². The first kappa shape index (κ1) is 32.2. The highest BCUT2D eigenvalue weighted by atomic mass is 35.5. The molecule has 1 aliphatic carbocycles. The Morgan fingerprint density at radius 3 is 2.67 bits per heavy atom. The van der Waals surface area contributed by atoms with E-state index in [1.807, 2.05) is 24.1 Å². The van der Waals surface area contributed by atoms with Gasteiger partial charge in [0.25, 0.3) is 0 Å². The van der Waals surface area contributed by atoms with Crippen LogP contribution in [0.5, 0.6) is 0 Å². The lowest BCUT2D eigenvalue weighted by atomic mass is 9.72. The van der Waals surface area contributed by atoms with Gasteiger partial charge in [0.1, 0.15) is 0 Å². The molecule has 2 amide bonds. The lowest BCUT2D eigenvalue weighted by molar-refractivity contribution is -0.142. The van der Waals surface area contributed by atoms with Crippen LogP contribution in [-0.4, -0.2) is 67.3 Å². The van der Waals surface area contributed by atoms with Crippen molar-refractivity contribution in [2.45, 2.75) is 70.3 Å². The third-order valence-corrected chi connectivity index (χ3v) is 9.51. The number of carbonyl (C=O) groups is 2. The van der Waals surface area contributed by atoms with E-state index < -0.39 is 11.7 Å². The predicted molar refractivity (Wildman–Crippen MR) is 166 cm³/mol. The van der Waals surface area contributed by atoms with E-state index in [1.165, 1.54) is 12.6 Å². The maximum atomic E-state index is 13.7. The number of benzene rings is 1. The first-order valence-corrected chi connectivity index (χ1v) is 15.9. The van der Waals surface area contributed by atoms with Gasteiger partial charge in [0, 0.05) is 55.5 Å². The van der Waals surface area contributed by atoms with E-state index in [1.54, 1.807) is 12.4 Å². The Hall–Kier alpha value is -2.68. The number of hydrogen-bond acceptors (Lipinski definition) is 6. The monoisotopic (exact) mass is 598 g/mol. The summed E-state index contributed by atoms with van der Waals surface area (Å²) in [6.45, 7) is 4.46. The van der Waals surface area contributed by atoms with Crippen molar-refractivity contribution in [3.8, 4) is 11.1 Å². The summed E-state index contributed by atoms with van der Waals surface area (Å²) in [5, 5.41) is 18.9. The molecule has 0 bridgehead atoms. The molecule has 8 nitrogen and oxygen atoms in total. The quantitative estimate of drug-likeness (QED) is 0.293. The molecule has 9 heteroatoms. The van der Waals surface area contributed by atoms with Crippen LogP contribution in [0.25, 0.3) is 11.1 Å². The predicted octanol–water partition coefficient (Wildman–Crippen LogP) is 5.55. The summed E-state index contributed by atoms with van der Waals surface area (Å²) in [5.41, 5.74) is 2.20. The molecule has 3 N–H and O–H groups in total. The number of amides is 2. The van der Waals surface area contributed by atoms with Crippen LogP contribution >= 0.6 is 11.6 Å². The Morgan fingerprint density at radius 2 is 1.95 bits per heavy atom. The molecule has 2 fully saturated rings. The first-order chi connectivity index (χ1) is 20.3. The fourth-order valence-corrected chi connectivity index (χ4v) is 7.14. The van der Waals surface area contributed by atoms with Crippen molar-refractivity contribution in [1.82, 2.24) is 20.5 Å². The molecule has 0 unspecified atom stereocenters.